The van der Waals surface area contributed by atoms with E-state index in [1.165, 1.54) is 5.56 Å². The minimum Gasteiger partial charge on any atom is -0.378 e. The molecule has 0 saturated carbocycles. The first kappa shape index (κ1) is 26.2. The lowest BCUT2D eigenvalue weighted by Gasteiger charge is -2.32. The number of hydrogen-bond donors (Lipinski definition) is 0. The van der Waals surface area contributed by atoms with Crippen molar-refractivity contribution >= 4 is 28.0 Å². The number of amides is 1. The molecule has 2 aromatic heterocycles. The Bertz CT molecular complexity index is 1400. The van der Waals surface area contributed by atoms with Gasteiger partial charge in [0, 0.05) is 68.6 Å². The van der Waals surface area contributed by atoms with Crippen molar-refractivity contribution in [1.82, 2.24) is 14.8 Å². The number of ketones is 1. The highest BCUT2D eigenvalue weighted by molar-refractivity contribution is 7.19. The van der Waals surface area contributed by atoms with Crippen LogP contribution in [0.3, 0.4) is 0 Å². The molecule has 0 atom stereocenters. The summed E-state index contributed by atoms with van der Waals surface area (Å²) >= 11 is 1.64. The number of morpholine rings is 1. The minimum absolute atomic E-state index is 0.0726. The third-order valence-electron chi connectivity index (χ3n) is 8.08. The quantitative estimate of drug-likeness (QED) is 0.468. The van der Waals surface area contributed by atoms with Crippen molar-refractivity contribution < 1.29 is 14.3 Å². The van der Waals surface area contributed by atoms with E-state index in [2.05, 4.69) is 42.8 Å². The predicted molar refractivity (Wildman–Crippen MR) is 156 cm³/mol. The predicted octanol–water partition coefficient (Wildman–Crippen LogP) is 4.86. The van der Waals surface area contributed by atoms with Crippen molar-refractivity contribution in [2.75, 3.05) is 64.4 Å². The normalized spacial score (nSPS) is 19.7. The number of ether oxygens (including phenoxy) is 1. The molecule has 2 aliphatic heterocycles. The lowest BCUT2D eigenvalue weighted by molar-refractivity contribution is 0.0664. The summed E-state index contributed by atoms with van der Waals surface area (Å²) in [5, 5.41) is 1.16. The fraction of sp³-hybridized carbons (Fsp3) is 0.452. The van der Waals surface area contributed by atoms with Gasteiger partial charge in [0.1, 0.15) is 0 Å². The van der Waals surface area contributed by atoms with E-state index >= 15 is 0 Å². The van der Waals surface area contributed by atoms with Gasteiger partial charge in [0.15, 0.2) is 5.78 Å². The Balaban J connectivity index is 1.38. The lowest BCUT2D eigenvalue weighted by Crippen LogP contribution is -2.47. The number of carbonyl (C=O) groups is 2. The largest absolute Gasteiger partial charge is 0.378 e. The van der Waals surface area contributed by atoms with Gasteiger partial charge in [0.2, 0.25) is 0 Å². The minimum atomic E-state index is -0.0734. The molecule has 1 aliphatic carbocycles. The number of pyridine rings is 1. The van der Waals surface area contributed by atoms with Crippen molar-refractivity contribution in [1.29, 1.82) is 0 Å². The summed E-state index contributed by atoms with van der Waals surface area (Å²) < 4.78 is 5.63. The third-order valence-corrected chi connectivity index (χ3v) is 9.41. The number of thiophene rings is 1. The highest BCUT2D eigenvalue weighted by atomic mass is 32.1. The molecule has 1 aromatic carbocycles. The molecular formula is C31H36N4O3S. The van der Waals surface area contributed by atoms with Crippen LogP contribution in [0.15, 0.2) is 42.6 Å². The van der Waals surface area contributed by atoms with Crippen molar-refractivity contribution in [3.63, 3.8) is 0 Å². The van der Waals surface area contributed by atoms with E-state index in [4.69, 9.17) is 9.72 Å². The van der Waals surface area contributed by atoms with Crippen LogP contribution in [0.2, 0.25) is 0 Å². The Kier molecular flexibility index (Phi) is 7.04. The van der Waals surface area contributed by atoms with Crippen LogP contribution in [0.4, 0.5) is 5.00 Å². The molecule has 0 bridgehead atoms. The molecule has 39 heavy (non-hydrogen) atoms. The Labute approximate surface area is 234 Å². The standard InChI is InChI=1S/C31H36N4O3S/c1-31(2)19-24-27(30(35-13-15-38-16-14-35)39-28(24)26(36)20-31)22-7-8-32-25(18-22)21-5-4-6-23(17-21)29(37)34-11-9-33(3)10-12-34/h4-8,17-18H,9-16,19-20H2,1-3H3. The molecule has 3 aromatic rings. The lowest BCUT2D eigenvalue weighted by atomic mass is 9.75. The SMILES string of the molecule is CN1CCN(C(=O)c2cccc(-c3cc(-c4c(N5CCOCC5)sc5c4CC(C)(C)CC5=O)ccn3)c2)CC1. The summed E-state index contributed by atoms with van der Waals surface area (Å²) in [4.78, 5) is 38.7. The van der Waals surface area contributed by atoms with E-state index in [9.17, 15) is 9.59 Å². The van der Waals surface area contributed by atoms with Gasteiger partial charge in [-0.2, -0.15) is 0 Å². The zero-order valence-electron chi connectivity index (χ0n) is 23.0. The molecule has 3 aliphatic rings. The fourth-order valence-electron chi connectivity index (χ4n) is 5.94. The maximum Gasteiger partial charge on any atom is 0.253 e. The summed E-state index contributed by atoms with van der Waals surface area (Å²) in [6.45, 7) is 10.7. The maximum absolute atomic E-state index is 13.3. The molecule has 8 heteroatoms. The van der Waals surface area contributed by atoms with E-state index < -0.39 is 0 Å². The number of carbonyl (C=O) groups excluding carboxylic acids is 2. The number of rotatable bonds is 4. The van der Waals surface area contributed by atoms with E-state index in [0.29, 0.717) is 25.2 Å². The molecule has 1 amide bonds. The van der Waals surface area contributed by atoms with Gasteiger partial charge in [-0.05, 0) is 54.3 Å². The Hall–Kier alpha value is -3.07. The Morgan fingerprint density at radius 3 is 2.51 bits per heavy atom. The number of nitrogens with zero attached hydrogens (tertiary/aromatic N) is 4. The molecule has 0 radical (unpaired) electrons. The van der Waals surface area contributed by atoms with Crippen LogP contribution in [0, 0.1) is 5.41 Å². The summed E-state index contributed by atoms with van der Waals surface area (Å²) in [6, 6.07) is 12.0. The van der Waals surface area contributed by atoms with Crippen molar-refractivity contribution in [3.8, 4) is 22.4 Å². The van der Waals surface area contributed by atoms with E-state index in [1.807, 2.05) is 35.4 Å². The van der Waals surface area contributed by atoms with Crippen molar-refractivity contribution in [2.24, 2.45) is 5.41 Å². The second-order valence-electron chi connectivity index (χ2n) is 11.7. The number of Topliss-reactive ketones (excluding diaryl/α,β-unsaturated/α-hetero) is 1. The zero-order chi connectivity index (χ0) is 27.1. The van der Waals surface area contributed by atoms with E-state index in [-0.39, 0.29) is 17.1 Å². The van der Waals surface area contributed by atoms with Crippen LogP contribution in [-0.2, 0) is 11.2 Å². The van der Waals surface area contributed by atoms with Gasteiger partial charge in [-0.3, -0.25) is 14.6 Å². The van der Waals surface area contributed by atoms with Crippen LogP contribution < -0.4 is 4.90 Å². The van der Waals surface area contributed by atoms with Crippen LogP contribution in [-0.4, -0.2) is 86.0 Å². The molecule has 2 fully saturated rings. The van der Waals surface area contributed by atoms with Gasteiger partial charge in [-0.15, -0.1) is 11.3 Å². The number of fused-ring (bicyclic) bond motifs is 1. The molecule has 2 saturated heterocycles. The van der Waals surface area contributed by atoms with Gasteiger partial charge < -0.3 is 19.4 Å². The first-order valence-electron chi connectivity index (χ1n) is 13.9. The number of piperazine rings is 1. The zero-order valence-corrected chi connectivity index (χ0v) is 23.9. The van der Waals surface area contributed by atoms with Gasteiger partial charge in [-0.1, -0.05) is 26.0 Å². The molecule has 0 spiro atoms. The smallest absolute Gasteiger partial charge is 0.253 e. The molecule has 4 heterocycles. The van der Waals surface area contributed by atoms with Gasteiger partial charge >= 0.3 is 0 Å². The number of benzene rings is 1. The average molecular weight is 545 g/mol. The summed E-state index contributed by atoms with van der Waals surface area (Å²) in [7, 11) is 2.09. The molecule has 0 unspecified atom stereocenters. The van der Waals surface area contributed by atoms with E-state index in [1.54, 1.807) is 11.3 Å². The highest BCUT2D eigenvalue weighted by Crippen LogP contribution is 2.49. The van der Waals surface area contributed by atoms with Crippen LogP contribution in [0.1, 0.15) is 45.9 Å². The van der Waals surface area contributed by atoms with Crippen molar-refractivity contribution in [2.45, 2.75) is 26.7 Å². The summed E-state index contributed by atoms with van der Waals surface area (Å²) in [5.74, 6) is 0.319. The van der Waals surface area contributed by atoms with Crippen LogP contribution >= 0.6 is 11.3 Å². The van der Waals surface area contributed by atoms with Crippen LogP contribution in [0.5, 0.6) is 0 Å². The Morgan fingerprint density at radius 1 is 0.974 bits per heavy atom. The monoisotopic (exact) mass is 544 g/mol. The second kappa shape index (κ2) is 10.5. The summed E-state index contributed by atoms with van der Waals surface area (Å²) in [5.41, 5.74) is 5.76. The first-order chi connectivity index (χ1) is 18.8. The summed E-state index contributed by atoms with van der Waals surface area (Å²) in [6.07, 6.45) is 3.30. The Morgan fingerprint density at radius 2 is 1.74 bits per heavy atom. The van der Waals surface area contributed by atoms with Gasteiger partial charge in [0.05, 0.1) is 28.8 Å². The topological polar surface area (TPSA) is 66.0 Å². The van der Waals surface area contributed by atoms with E-state index in [0.717, 1.165) is 78.0 Å². The average Bonchev–Trinajstić information content (AvgIpc) is 3.32. The first-order valence-corrected chi connectivity index (χ1v) is 14.7. The number of hydrogen-bond acceptors (Lipinski definition) is 7. The number of aromatic nitrogens is 1. The van der Waals surface area contributed by atoms with Gasteiger partial charge in [-0.25, -0.2) is 0 Å². The molecule has 0 N–H and O–H groups in total. The van der Waals surface area contributed by atoms with Gasteiger partial charge in [0.25, 0.3) is 5.91 Å². The third kappa shape index (κ3) is 5.25. The number of anilines is 1. The molecule has 6 rings (SSSR count). The van der Waals surface area contributed by atoms with Crippen LogP contribution in [0.25, 0.3) is 22.4 Å². The maximum atomic E-state index is 13.3. The number of likely N-dealkylation sites (N-methyl/N-ethyl adjacent to an activating group) is 1. The second-order valence-corrected chi connectivity index (χ2v) is 12.7. The molecular weight excluding hydrogens is 508 g/mol. The molecule has 204 valence electrons. The highest BCUT2D eigenvalue weighted by Gasteiger charge is 2.37. The molecule has 7 nitrogen and oxygen atoms in total. The van der Waals surface area contributed by atoms with Crippen molar-refractivity contribution in [3.05, 3.63) is 58.6 Å². The fourth-order valence-corrected chi connectivity index (χ4v) is 7.27.